The summed E-state index contributed by atoms with van der Waals surface area (Å²) in [5.41, 5.74) is 1.29. The first-order valence-corrected chi connectivity index (χ1v) is 7.62. The van der Waals surface area contributed by atoms with Crippen LogP contribution in [-0.2, 0) is 0 Å². The van der Waals surface area contributed by atoms with Gasteiger partial charge in [-0.3, -0.25) is 4.90 Å². The van der Waals surface area contributed by atoms with Crippen LogP contribution in [0.1, 0.15) is 25.5 Å². The molecule has 1 aromatic carbocycles. The molecule has 1 atom stereocenters. The van der Waals surface area contributed by atoms with E-state index in [9.17, 15) is 0 Å². The summed E-state index contributed by atoms with van der Waals surface area (Å²) in [7, 11) is 0. The smallest absolute Gasteiger partial charge is 0.222 e. The minimum atomic E-state index is 0.292. The van der Waals surface area contributed by atoms with Crippen molar-refractivity contribution in [1.82, 2.24) is 14.9 Å². The number of aromatic nitrogens is 2. The number of halogens is 1. The van der Waals surface area contributed by atoms with Crippen molar-refractivity contribution in [1.29, 1.82) is 0 Å². The summed E-state index contributed by atoms with van der Waals surface area (Å²) >= 11 is 5.80. The van der Waals surface area contributed by atoms with E-state index in [1.165, 1.54) is 5.56 Å². The normalized spacial score (nSPS) is 12.4. The van der Waals surface area contributed by atoms with E-state index in [1.54, 1.807) is 12.4 Å². The van der Waals surface area contributed by atoms with E-state index < -0.39 is 0 Å². The van der Waals surface area contributed by atoms with Crippen molar-refractivity contribution in [3.63, 3.8) is 0 Å². The first-order valence-electron chi connectivity index (χ1n) is 7.25. The Hall–Kier alpha value is -1.65. The molecule has 1 heterocycles. The van der Waals surface area contributed by atoms with Gasteiger partial charge < -0.3 is 5.32 Å². The molecule has 1 N–H and O–H groups in total. The molecule has 1 unspecified atom stereocenters. The highest BCUT2D eigenvalue weighted by Crippen LogP contribution is 2.20. The Kier molecular flexibility index (Phi) is 5.96. The van der Waals surface area contributed by atoms with Crippen LogP contribution in [0.5, 0.6) is 0 Å². The summed E-state index contributed by atoms with van der Waals surface area (Å²) in [5, 5.41) is 3.84. The Labute approximate surface area is 131 Å². The summed E-state index contributed by atoms with van der Waals surface area (Å²) in [6, 6.07) is 10.8. The first kappa shape index (κ1) is 15.7. The third-order valence-corrected chi connectivity index (χ3v) is 3.71. The average Bonchev–Trinajstić information content (AvgIpc) is 2.54. The largest absolute Gasteiger partial charge is 0.352 e. The second-order valence-corrected chi connectivity index (χ2v) is 5.19. The molecule has 0 aliphatic rings. The van der Waals surface area contributed by atoms with Gasteiger partial charge in [-0.15, -0.1) is 0 Å². The predicted molar refractivity (Wildman–Crippen MR) is 87.6 cm³/mol. The Morgan fingerprint density at radius 3 is 2.29 bits per heavy atom. The zero-order chi connectivity index (χ0) is 15.1. The van der Waals surface area contributed by atoms with Crippen molar-refractivity contribution in [2.45, 2.75) is 19.9 Å². The van der Waals surface area contributed by atoms with Gasteiger partial charge in [0.15, 0.2) is 0 Å². The zero-order valence-corrected chi connectivity index (χ0v) is 13.2. The molecule has 112 valence electrons. The van der Waals surface area contributed by atoms with Gasteiger partial charge in [0, 0.05) is 6.54 Å². The number of nitrogens with zero attached hydrogens (tertiary/aromatic N) is 3. The lowest BCUT2D eigenvalue weighted by Crippen LogP contribution is -2.33. The highest BCUT2D eigenvalue weighted by atomic mass is 35.5. The van der Waals surface area contributed by atoms with E-state index in [-0.39, 0.29) is 0 Å². The molecule has 0 fully saturated rings. The molecule has 0 saturated heterocycles. The molecule has 0 spiro atoms. The quantitative estimate of drug-likeness (QED) is 0.848. The summed E-state index contributed by atoms with van der Waals surface area (Å²) in [6.07, 6.45) is 3.21. The minimum Gasteiger partial charge on any atom is -0.352 e. The number of nitrogens with one attached hydrogen (secondary N) is 1. The van der Waals surface area contributed by atoms with Crippen molar-refractivity contribution in [3.8, 4) is 0 Å². The molecule has 21 heavy (non-hydrogen) atoms. The summed E-state index contributed by atoms with van der Waals surface area (Å²) in [6.45, 7) is 7.11. The van der Waals surface area contributed by atoms with Gasteiger partial charge in [-0.1, -0.05) is 55.8 Å². The maximum atomic E-state index is 5.80. The van der Waals surface area contributed by atoms with Crippen molar-refractivity contribution in [2.75, 3.05) is 25.0 Å². The van der Waals surface area contributed by atoms with Crippen LogP contribution in [0.2, 0.25) is 5.02 Å². The molecule has 1 aromatic heterocycles. The van der Waals surface area contributed by atoms with Gasteiger partial charge in [0.2, 0.25) is 5.95 Å². The van der Waals surface area contributed by atoms with Gasteiger partial charge in [-0.05, 0) is 18.7 Å². The maximum Gasteiger partial charge on any atom is 0.222 e. The fraction of sp³-hybridized carbons (Fsp3) is 0.375. The van der Waals surface area contributed by atoms with Crippen LogP contribution in [0.3, 0.4) is 0 Å². The summed E-state index contributed by atoms with van der Waals surface area (Å²) in [4.78, 5) is 10.8. The molecule has 0 amide bonds. The fourth-order valence-corrected chi connectivity index (χ4v) is 2.49. The second kappa shape index (κ2) is 7.96. The SMILES string of the molecule is CCN(CC)C(CNc1ncc(Cl)cn1)c1ccccc1. The molecular formula is C16H21ClN4. The van der Waals surface area contributed by atoms with E-state index in [0.717, 1.165) is 19.6 Å². The van der Waals surface area contributed by atoms with E-state index in [2.05, 4.69) is 58.3 Å². The maximum absolute atomic E-state index is 5.80. The number of likely N-dealkylation sites (N-methyl/N-ethyl adjacent to an activating group) is 1. The van der Waals surface area contributed by atoms with Crippen molar-refractivity contribution in [2.24, 2.45) is 0 Å². The third-order valence-electron chi connectivity index (χ3n) is 3.51. The molecule has 0 aliphatic carbocycles. The van der Waals surface area contributed by atoms with Crippen LogP contribution in [0, 0.1) is 0 Å². The molecule has 2 aromatic rings. The van der Waals surface area contributed by atoms with Crippen LogP contribution in [0.4, 0.5) is 5.95 Å². The Bertz CT molecular complexity index is 526. The van der Waals surface area contributed by atoms with Gasteiger partial charge in [-0.2, -0.15) is 0 Å². The van der Waals surface area contributed by atoms with Crippen LogP contribution in [0.25, 0.3) is 0 Å². The van der Waals surface area contributed by atoms with E-state index in [4.69, 9.17) is 11.6 Å². The van der Waals surface area contributed by atoms with Crippen molar-refractivity contribution in [3.05, 3.63) is 53.3 Å². The van der Waals surface area contributed by atoms with Crippen LogP contribution >= 0.6 is 11.6 Å². The minimum absolute atomic E-state index is 0.292. The molecular weight excluding hydrogens is 284 g/mol. The standard InChI is InChI=1S/C16H21ClN4/c1-3-21(4-2)15(13-8-6-5-7-9-13)12-20-16-18-10-14(17)11-19-16/h5-11,15H,3-4,12H2,1-2H3,(H,18,19,20). The highest BCUT2D eigenvalue weighted by Gasteiger charge is 2.17. The van der Waals surface area contributed by atoms with Crippen LogP contribution < -0.4 is 5.32 Å². The van der Waals surface area contributed by atoms with Crippen LogP contribution in [0.15, 0.2) is 42.7 Å². The summed E-state index contributed by atoms with van der Waals surface area (Å²) in [5.74, 6) is 0.604. The predicted octanol–water partition coefficient (Wildman–Crippen LogP) is 3.63. The Morgan fingerprint density at radius 2 is 1.71 bits per heavy atom. The van der Waals surface area contributed by atoms with E-state index in [1.807, 2.05) is 6.07 Å². The van der Waals surface area contributed by atoms with E-state index in [0.29, 0.717) is 17.0 Å². The van der Waals surface area contributed by atoms with Gasteiger partial charge in [0.25, 0.3) is 0 Å². The molecule has 0 saturated carbocycles. The number of rotatable bonds is 7. The monoisotopic (exact) mass is 304 g/mol. The second-order valence-electron chi connectivity index (χ2n) is 4.75. The zero-order valence-electron chi connectivity index (χ0n) is 12.5. The van der Waals surface area contributed by atoms with Gasteiger partial charge >= 0.3 is 0 Å². The lowest BCUT2D eigenvalue weighted by Gasteiger charge is -2.30. The molecule has 4 nitrogen and oxygen atoms in total. The Morgan fingerprint density at radius 1 is 1.10 bits per heavy atom. The van der Waals surface area contributed by atoms with Crippen molar-refractivity contribution < 1.29 is 0 Å². The third kappa shape index (κ3) is 4.41. The number of hydrogen-bond donors (Lipinski definition) is 1. The molecule has 0 aliphatic heterocycles. The lowest BCUT2D eigenvalue weighted by molar-refractivity contribution is 0.228. The van der Waals surface area contributed by atoms with E-state index >= 15 is 0 Å². The lowest BCUT2D eigenvalue weighted by atomic mass is 10.1. The molecule has 0 radical (unpaired) electrons. The fourth-order valence-electron chi connectivity index (χ4n) is 2.39. The molecule has 2 rings (SSSR count). The van der Waals surface area contributed by atoms with Gasteiger partial charge in [-0.25, -0.2) is 9.97 Å². The van der Waals surface area contributed by atoms with Crippen molar-refractivity contribution >= 4 is 17.5 Å². The molecule has 0 bridgehead atoms. The van der Waals surface area contributed by atoms with Gasteiger partial charge in [0.1, 0.15) is 0 Å². The number of benzene rings is 1. The first-order chi connectivity index (χ1) is 10.2. The highest BCUT2D eigenvalue weighted by molar-refractivity contribution is 6.30. The number of anilines is 1. The average molecular weight is 305 g/mol. The van der Waals surface area contributed by atoms with Crippen LogP contribution in [-0.4, -0.2) is 34.5 Å². The Balaban J connectivity index is 2.10. The summed E-state index contributed by atoms with van der Waals surface area (Å²) < 4.78 is 0. The number of hydrogen-bond acceptors (Lipinski definition) is 4. The molecule has 5 heteroatoms. The topological polar surface area (TPSA) is 41.0 Å². The van der Waals surface area contributed by atoms with Gasteiger partial charge in [0.05, 0.1) is 23.5 Å².